The summed E-state index contributed by atoms with van der Waals surface area (Å²) in [6.45, 7) is 8.53. The van der Waals surface area contributed by atoms with Crippen molar-refractivity contribution in [3.8, 4) is 0 Å². The van der Waals surface area contributed by atoms with Crippen LogP contribution in [-0.4, -0.2) is 37.8 Å². The lowest BCUT2D eigenvalue weighted by atomic mass is 9.80. The maximum absolute atomic E-state index is 12.3. The smallest absolute Gasteiger partial charge is 0.319 e. The minimum absolute atomic E-state index is 0.0430. The van der Waals surface area contributed by atoms with E-state index in [1.165, 1.54) is 0 Å². The highest BCUT2D eigenvalue weighted by Crippen LogP contribution is 2.28. The molecule has 0 bridgehead atoms. The van der Waals surface area contributed by atoms with E-state index in [-0.39, 0.29) is 23.2 Å². The van der Waals surface area contributed by atoms with Crippen molar-refractivity contribution in [2.75, 3.05) is 16.3 Å². The lowest BCUT2D eigenvalue weighted by molar-refractivity contribution is 0.149. The highest BCUT2D eigenvalue weighted by atomic mass is 32.2. The topological polar surface area (TPSA) is 99.3 Å². The molecule has 1 aliphatic rings. The lowest BCUT2D eigenvalue weighted by Crippen LogP contribution is -2.62. The van der Waals surface area contributed by atoms with E-state index >= 15 is 0 Å². The fraction of sp³-hybridized carbons (Fsp3) is 0.588. The SMILES string of the molecule is CC1(C)CC(NC(=O)Nc2ccc(NS(C)(=O)=O)cc2)CC(C)(C)N1. The van der Waals surface area contributed by atoms with Gasteiger partial charge in [0.2, 0.25) is 10.0 Å². The van der Waals surface area contributed by atoms with E-state index in [1.54, 1.807) is 24.3 Å². The molecule has 2 amide bonds. The average Bonchev–Trinajstić information content (AvgIpc) is 2.35. The Morgan fingerprint density at radius 3 is 2.00 bits per heavy atom. The Labute approximate surface area is 150 Å². The molecule has 1 aromatic rings. The molecule has 0 unspecified atom stereocenters. The molecule has 0 radical (unpaired) electrons. The molecule has 1 heterocycles. The van der Waals surface area contributed by atoms with E-state index in [0.717, 1.165) is 19.1 Å². The van der Waals surface area contributed by atoms with Crippen molar-refractivity contribution in [3.63, 3.8) is 0 Å². The Morgan fingerprint density at radius 1 is 1.04 bits per heavy atom. The van der Waals surface area contributed by atoms with Crippen LogP contribution in [-0.2, 0) is 10.0 Å². The summed E-state index contributed by atoms with van der Waals surface area (Å²) in [7, 11) is -3.31. The third-order valence-electron chi connectivity index (χ3n) is 3.97. The van der Waals surface area contributed by atoms with Gasteiger partial charge in [-0.25, -0.2) is 13.2 Å². The van der Waals surface area contributed by atoms with Crippen LogP contribution >= 0.6 is 0 Å². The molecule has 7 nitrogen and oxygen atoms in total. The number of rotatable bonds is 4. The van der Waals surface area contributed by atoms with Gasteiger partial charge in [-0.1, -0.05) is 0 Å². The van der Waals surface area contributed by atoms with Crippen molar-refractivity contribution in [1.29, 1.82) is 0 Å². The minimum Gasteiger partial charge on any atom is -0.335 e. The molecule has 0 aliphatic carbocycles. The molecular weight excluding hydrogens is 340 g/mol. The van der Waals surface area contributed by atoms with Gasteiger partial charge in [0, 0.05) is 28.5 Å². The third kappa shape index (κ3) is 6.55. The van der Waals surface area contributed by atoms with Crippen molar-refractivity contribution in [2.45, 2.75) is 57.7 Å². The highest BCUT2D eigenvalue weighted by molar-refractivity contribution is 7.92. The molecule has 8 heteroatoms. The summed E-state index contributed by atoms with van der Waals surface area (Å²) in [4.78, 5) is 12.3. The molecule has 1 fully saturated rings. The first kappa shape index (κ1) is 19.5. The van der Waals surface area contributed by atoms with Crippen molar-refractivity contribution < 1.29 is 13.2 Å². The van der Waals surface area contributed by atoms with E-state index in [4.69, 9.17) is 0 Å². The number of hydrogen-bond acceptors (Lipinski definition) is 4. The normalized spacial score (nSPS) is 19.9. The summed E-state index contributed by atoms with van der Waals surface area (Å²) < 4.78 is 24.8. The number of anilines is 2. The van der Waals surface area contributed by atoms with Crippen LogP contribution in [0.1, 0.15) is 40.5 Å². The van der Waals surface area contributed by atoms with E-state index in [1.807, 2.05) is 0 Å². The second-order valence-corrected chi connectivity index (χ2v) is 9.80. The van der Waals surface area contributed by atoms with Crippen LogP contribution in [0, 0.1) is 0 Å². The zero-order valence-electron chi connectivity index (χ0n) is 15.4. The van der Waals surface area contributed by atoms with Crippen molar-refractivity contribution in [3.05, 3.63) is 24.3 Å². The van der Waals surface area contributed by atoms with Crippen LogP contribution in [0.3, 0.4) is 0 Å². The number of carbonyl (C=O) groups is 1. The second kappa shape index (κ2) is 6.84. The molecule has 1 aromatic carbocycles. The van der Waals surface area contributed by atoms with Gasteiger partial charge in [0.1, 0.15) is 0 Å². The fourth-order valence-electron chi connectivity index (χ4n) is 3.61. The van der Waals surface area contributed by atoms with E-state index < -0.39 is 10.0 Å². The monoisotopic (exact) mass is 368 g/mol. The van der Waals surface area contributed by atoms with Gasteiger partial charge < -0.3 is 16.0 Å². The van der Waals surface area contributed by atoms with Gasteiger partial charge in [-0.05, 0) is 64.8 Å². The molecule has 1 saturated heterocycles. The van der Waals surface area contributed by atoms with Crippen molar-refractivity contribution in [2.24, 2.45) is 0 Å². The number of sulfonamides is 1. The molecule has 0 atom stereocenters. The summed E-state index contributed by atoms with van der Waals surface area (Å²) >= 11 is 0. The number of piperidine rings is 1. The molecule has 0 spiro atoms. The predicted octanol–water partition coefficient (Wildman–Crippen LogP) is 2.49. The Hall–Kier alpha value is -1.80. The maximum atomic E-state index is 12.3. The fourth-order valence-corrected chi connectivity index (χ4v) is 4.18. The molecule has 4 N–H and O–H groups in total. The molecule has 1 aliphatic heterocycles. The third-order valence-corrected chi connectivity index (χ3v) is 4.58. The Balaban J connectivity index is 1.94. The first-order chi connectivity index (χ1) is 11.3. The van der Waals surface area contributed by atoms with Gasteiger partial charge in [0.05, 0.1) is 6.26 Å². The van der Waals surface area contributed by atoms with E-state index in [9.17, 15) is 13.2 Å². The lowest BCUT2D eigenvalue weighted by Gasteiger charge is -2.46. The molecule has 0 saturated carbocycles. The Kier molecular flexibility index (Phi) is 5.34. The maximum Gasteiger partial charge on any atom is 0.319 e. The standard InChI is InChI=1S/C17H28N4O3S/c1-16(2)10-14(11-17(3,4)21-16)19-15(22)18-12-6-8-13(9-7-12)20-25(5,23)24/h6-9,14,20-21H,10-11H2,1-5H3,(H2,18,19,22). The molecular formula is C17H28N4O3S. The molecule has 2 rings (SSSR count). The number of benzene rings is 1. The van der Waals surface area contributed by atoms with Gasteiger partial charge in [0.25, 0.3) is 0 Å². The van der Waals surface area contributed by atoms with Gasteiger partial charge in [-0.2, -0.15) is 0 Å². The van der Waals surface area contributed by atoms with Crippen LogP contribution < -0.4 is 20.7 Å². The summed E-state index contributed by atoms with van der Waals surface area (Å²) in [5, 5.41) is 9.40. The van der Waals surface area contributed by atoms with E-state index in [2.05, 4.69) is 48.4 Å². The van der Waals surface area contributed by atoms with Crippen molar-refractivity contribution >= 4 is 27.4 Å². The molecule has 25 heavy (non-hydrogen) atoms. The molecule has 0 aromatic heterocycles. The average molecular weight is 369 g/mol. The summed E-state index contributed by atoms with van der Waals surface area (Å²) in [5.74, 6) is 0. The largest absolute Gasteiger partial charge is 0.335 e. The van der Waals surface area contributed by atoms with Gasteiger partial charge in [-0.3, -0.25) is 4.72 Å². The van der Waals surface area contributed by atoms with Crippen LogP contribution in [0.15, 0.2) is 24.3 Å². The number of urea groups is 1. The van der Waals surface area contributed by atoms with Crippen LogP contribution in [0.5, 0.6) is 0 Å². The first-order valence-corrected chi connectivity index (χ1v) is 10.2. The minimum atomic E-state index is -3.31. The van der Waals surface area contributed by atoms with Gasteiger partial charge in [0.15, 0.2) is 0 Å². The number of amides is 2. The van der Waals surface area contributed by atoms with Crippen LogP contribution in [0.2, 0.25) is 0 Å². The zero-order valence-corrected chi connectivity index (χ0v) is 16.3. The summed E-state index contributed by atoms with van der Waals surface area (Å²) in [5.41, 5.74) is 0.969. The molecule has 140 valence electrons. The second-order valence-electron chi connectivity index (χ2n) is 8.05. The predicted molar refractivity (Wildman–Crippen MR) is 101 cm³/mol. The van der Waals surface area contributed by atoms with Crippen molar-refractivity contribution in [1.82, 2.24) is 10.6 Å². The first-order valence-electron chi connectivity index (χ1n) is 8.28. The Morgan fingerprint density at radius 2 is 1.52 bits per heavy atom. The zero-order chi connectivity index (χ0) is 18.9. The summed E-state index contributed by atoms with van der Waals surface area (Å²) in [6.07, 6.45) is 2.79. The van der Waals surface area contributed by atoms with Gasteiger partial charge >= 0.3 is 6.03 Å². The number of nitrogens with one attached hydrogen (secondary N) is 4. The van der Waals surface area contributed by atoms with Gasteiger partial charge in [-0.15, -0.1) is 0 Å². The Bertz CT molecular complexity index is 711. The number of hydrogen-bond donors (Lipinski definition) is 4. The number of carbonyl (C=O) groups excluding carboxylic acids is 1. The van der Waals surface area contributed by atoms with E-state index in [0.29, 0.717) is 11.4 Å². The van der Waals surface area contributed by atoms with Crippen LogP contribution in [0.25, 0.3) is 0 Å². The highest BCUT2D eigenvalue weighted by Gasteiger charge is 2.38. The van der Waals surface area contributed by atoms with Crippen LogP contribution in [0.4, 0.5) is 16.2 Å². The summed E-state index contributed by atoms with van der Waals surface area (Å²) in [6, 6.07) is 6.34. The quantitative estimate of drug-likeness (QED) is 0.656.